The van der Waals surface area contributed by atoms with Gasteiger partial charge in [0.1, 0.15) is 0 Å². The fourth-order valence-corrected chi connectivity index (χ4v) is 3.43. The Morgan fingerprint density at radius 2 is 2.11 bits per heavy atom. The van der Waals surface area contributed by atoms with Crippen molar-refractivity contribution in [2.24, 2.45) is 5.73 Å². The number of amides is 1. The second-order valence-electron chi connectivity index (χ2n) is 6.57. The number of carbonyl (C=O) groups is 1. The standard InChI is InChI=1S/C17H21F3N6O/c18-13-9-7-23-16(27)12(9)14(8(5-21)6-24-17(19)20)26-15(13)25-11-4-2-1-3-10(11)22/h5-6,10-11,17,21,24H,1-4,7,22H2,(H,23,27)(H,25,26)/b8-6+,21-5?. The summed E-state index contributed by atoms with van der Waals surface area (Å²) in [6, 6.07) is -0.335. The van der Waals surface area contributed by atoms with Crippen molar-refractivity contribution in [1.29, 1.82) is 5.41 Å². The average Bonchev–Trinajstić information content (AvgIpc) is 3.02. The lowest BCUT2D eigenvalue weighted by atomic mass is 9.91. The van der Waals surface area contributed by atoms with Crippen molar-refractivity contribution in [3.05, 3.63) is 28.8 Å². The summed E-state index contributed by atoms with van der Waals surface area (Å²) in [6.07, 6.45) is 5.20. The number of nitrogens with zero attached hydrogens (tertiary/aromatic N) is 1. The third kappa shape index (κ3) is 3.90. The van der Waals surface area contributed by atoms with Crippen molar-refractivity contribution < 1.29 is 18.0 Å². The lowest BCUT2D eigenvalue weighted by Gasteiger charge is -2.30. The molecule has 7 nitrogen and oxygen atoms in total. The van der Waals surface area contributed by atoms with Crippen molar-refractivity contribution in [1.82, 2.24) is 15.6 Å². The third-order valence-electron chi connectivity index (χ3n) is 4.82. The molecule has 1 amide bonds. The van der Waals surface area contributed by atoms with E-state index in [2.05, 4.69) is 15.6 Å². The van der Waals surface area contributed by atoms with Crippen LogP contribution in [0.25, 0.3) is 5.57 Å². The highest BCUT2D eigenvalue weighted by molar-refractivity contribution is 6.13. The number of nitrogens with two attached hydrogens (primary N) is 1. The largest absolute Gasteiger partial charge is 0.363 e. The maximum atomic E-state index is 14.9. The highest BCUT2D eigenvalue weighted by Crippen LogP contribution is 2.31. The Morgan fingerprint density at radius 3 is 2.78 bits per heavy atom. The van der Waals surface area contributed by atoms with Crippen LogP contribution in [0.5, 0.6) is 0 Å². The Labute approximate surface area is 154 Å². The van der Waals surface area contributed by atoms with Gasteiger partial charge in [0.25, 0.3) is 5.91 Å². The van der Waals surface area contributed by atoms with Crippen molar-refractivity contribution in [3.63, 3.8) is 0 Å². The number of pyridine rings is 1. The molecule has 10 heteroatoms. The van der Waals surface area contributed by atoms with Gasteiger partial charge in [-0.15, -0.1) is 0 Å². The molecular weight excluding hydrogens is 361 g/mol. The minimum absolute atomic E-state index is 0.0311. The second kappa shape index (κ2) is 7.95. The number of nitrogens with one attached hydrogen (secondary N) is 4. The lowest BCUT2D eigenvalue weighted by molar-refractivity contribution is 0.0965. The number of rotatable bonds is 6. The molecule has 146 valence electrons. The van der Waals surface area contributed by atoms with Crippen molar-refractivity contribution in [2.75, 3.05) is 5.32 Å². The molecule has 2 heterocycles. The maximum Gasteiger partial charge on any atom is 0.312 e. The number of hydrogen-bond donors (Lipinski definition) is 5. The number of aromatic nitrogens is 1. The zero-order valence-electron chi connectivity index (χ0n) is 14.5. The predicted molar refractivity (Wildman–Crippen MR) is 95.1 cm³/mol. The van der Waals surface area contributed by atoms with Gasteiger partial charge in [0, 0.05) is 42.2 Å². The van der Waals surface area contributed by atoms with E-state index in [1.807, 2.05) is 0 Å². The number of hydrogen-bond acceptors (Lipinski definition) is 6. The SMILES string of the molecule is N=C/C(=C\NC(F)F)c1nc(NC2CCCCC2N)c(F)c2c1C(=O)NC2. The van der Waals surface area contributed by atoms with Crippen molar-refractivity contribution in [2.45, 2.75) is 50.9 Å². The molecule has 6 N–H and O–H groups in total. The Balaban J connectivity index is 2.04. The fourth-order valence-electron chi connectivity index (χ4n) is 3.43. The smallest absolute Gasteiger partial charge is 0.312 e. The van der Waals surface area contributed by atoms with Gasteiger partial charge in [-0.2, -0.15) is 8.78 Å². The molecule has 1 aliphatic heterocycles. The maximum absolute atomic E-state index is 14.9. The Bertz CT molecular complexity index is 782. The van der Waals surface area contributed by atoms with Crippen LogP contribution in [0.15, 0.2) is 6.20 Å². The molecular formula is C17H21F3N6O. The number of alkyl halides is 2. The summed E-state index contributed by atoms with van der Waals surface area (Å²) in [5.41, 5.74) is 6.06. The number of anilines is 1. The first-order chi connectivity index (χ1) is 12.9. The number of halogens is 3. The van der Waals surface area contributed by atoms with Crippen LogP contribution in [-0.2, 0) is 6.54 Å². The van der Waals surface area contributed by atoms with E-state index in [-0.39, 0.29) is 46.8 Å². The zero-order valence-corrected chi connectivity index (χ0v) is 14.5. The van der Waals surface area contributed by atoms with E-state index < -0.39 is 18.3 Å². The Morgan fingerprint density at radius 1 is 1.37 bits per heavy atom. The summed E-state index contributed by atoms with van der Waals surface area (Å²) >= 11 is 0. The number of fused-ring (bicyclic) bond motifs is 1. The molecule has 1 aliphatic carbocycles. The minimum Gasteiger partial charge on any atom is -0.363 e. The van der Waals surface area contributed by atoms with E-state index in [0.29, 0.717) is 0 Å². The van der Waals surface area contributed by atoms with E-state index in [1.54, 1.807) is 5.32 Å². The van der Waals surface area contributed by atoms with Crippen LogP contribution in [0.2, 0.25) is 0 Å². The quantitative estimate of drug-likeness (QED) is 0.381. The topological polar surface area (TPSA) is 116 Å². The number of allylic oxidation sites excluding steroid dienone is 1. The highest BCUT2D eigenvalue weighted by Gasteiger charge is 2.32. The van der Waals surface area contributed by atoms with Crippen molar-refractivity contribution >= 4 is 23.5 Å². The Kier molecular flexibility index (Phi) is 5.64. The molecule has 2 atom stereocenters. The van der Waals surface area contributed by atoms with Gasteiger partial charge < -0.3 is 27.1 Å². The molecule has 0 spiro atoms. The van der Waals surface area contributed by atoms with Crippen LogP contribution in [0, 0.1) is 11.2 Å². The number of carbonyl (C=O) groups excluding carboxylic acids is 1. The molecule has 1 aromatic rings. The van der Waals surface area contributed by atoms with Gasteiger partial charge in [-0.05, 0) is 12.8 Å². The van der Waals surface area contributed by atoms with Crippen LogP contribution in [-0.4, -0.2) is 35.7 Å². The highest BCUT2D eigenvalue weighted by atomic mass is 19.3. The molecule has 0 aromatic carbocycles. The lowest BCUT2D eigenvalue weighted by Crippen LogP contribution is -2.43. The Hall–Kier alpha value is -2.62. The van der Waals surface area contributed by atoms with Gasteiger partial charge in [-0.1, -0.05) is 12.8 Å². The van der Waals surface area contributed by atoms with Crippen LogP contribution >= 0.6 is 0 Å². The van der Waals surface area contributed by atoms with Gasteiger partial charge in [0.05, 0.1) is 11.3 Å². The minimum atomic E-state index is -2.85. The van der Waals surface area contributed by atoms with Crippen LogP contribution in [0.3, 0.4) is 0 Å². The summed E-state index contributed by atoms with van der Waals surface area (Å²) in [6.45, 7) is -2.88. The summed E-state index contributed by atoms with van der Waals surface area (Å²) in [5, 5.41) is 14.8. The van der Waals surface area contributed by atoms with Gasteiger partial charge in [0.2, 0.25) is 0 Å². The monoisotopic (exact) mass is 382 g/mol. The summed E-state index contributed by atoms with van der Waals surface area (Å²) < 4.78 is 39.9. The molecule has 0 bridgehead atoms. The molecule has 1 saturated carbocycles. The molecule has 0 radical (unpaired) electrons. The van der Waals surface area contributed by atoms with Gasteiger partial charge in [-0.25, -0.2) is 9.37 Å². The first-order valence-electron chi connectivity index (χ1n) is 8.70. The molecule has 2 unspecified atom stereocenters. The fraction of sp³-hybridized carbons (Fsp3) is 0.471. The predicted octanol–water partition coefficient (Wildman–Crippen LogP) is 1.95. The molecule has 3 rings (SSSR count). The molecule has 2 aliphatic rings. The zero-order chi connectivity index (χ0) is 19.6. The summed E-state index contributed by atoms with van der Waals surface area (Å²) in [5.74, 6) is -1.32. The summed E-state index contributed by atoms with van der Waals surface area (Å²) in [7, 11) is 0. The van der Waals surface area contributed by atoms with E-state index in [1.165, 1.54) is 0 Å². The summed E-state index contributed by atoms with van der Waals surface area (Å²) in [4.78, 5) is 16.3. The average molecular weight is 382 g/mol. The normalized spacial score (nSPS) is 22.4. The molecule has 27 heavy (non-hydrogen) atoms. The van der Waals surface area contributed by atoms with E-state index in [4.69, 9.17) is 11.1 Å². The third-order valence-corrected chi connectivity index (χ3v) is 4.82. The van der Waals surface area contributed by atoms with Crippen molar-refractivity contribution in [3.8, 4) is 0 Å². The molecule has 1 aromatic heterocycles. The van der Waals surface area contributed by atoms with E-state index in [0.717, 1.165) is 38.1 Å². The first kappa shape index (κ1) is 19.2. The van der Waals surface area contributed by atoms with Gasteiger partial charge >= 0.3 is 6.55 Å². The van der Waals surface area contributed by atoms with E-state index in [9.17, 15) is 18.0 Å². The van der Waals surface area contributed by atoms with E-state index >= 15 is 0 Å². The van der Waals surface area contributed by atoms with Gasteiger partial charge in [0.15, 0.2) is 11.6 Å². The van der Waals surface area contributed by atoms with Crippen LogP contribution < -0.4 is 21.7 Å². The first-order valence-corrected chi connectivity index (χ1v) is 8.70. The second-order valence-corrected chi connectivity index (χ2v) is 6.57. The van der Waals surface area contributed by atoms with Gasteiger partial charge in [-0.3, -0.25) is 4.79 Å². The molecule has 1 fully saturated rings. The van der Waals surface area contributed by atoms with Crippen LogP contribution in [0.1, 0.15) is 47.3 Å². The molecule has 0 saturated heterocycles. The van der Waals surface area contributed by atoms with Crippen LogP contribution in [0.4, 0.5) is 19.0 Å².